The SMILES string of the molecule is Nc1cccc(S(=O)(=O)N(CC(O)CN(NCc2ccccc2)C(=O)c2ccccc2)CC2CCCC2)c1. The molecule has 4 N–H and O–H groups in total. The predicted octanol–water partition coefficient (Wildman–Crippen LogP) is 3.66. The van der Waals surface area contributed by atoms with E-state index in [9.17, 15) is 18.3 Å². The first kappa shape index (κ1) is 27.8. The van der Waals surface area contributed by atoms with Crippen LogP contribution in [0.4, 0.5) is 5.69 Å². The van der Waals surface area contributed by atoms with E-state index in [0.29, 0.717) is 24.3 Å². The summed E-state index contributed by atoms with van der Waals surface area (Å²) >= 11 is 0. The topological polar surface area (TPSA) is 116 Å². The fraction of sp³-hybridized carbons (Fsp3) is 0.345. The van der Waals surface area contributed by atoms with Crippen molar-refractivity contribution in [2.24, 2.45) is 5.92 Å². The second-order valence-corrected chi connectivity index (χ2v) is 11.7. The Labute approximate surface area is 225 Å². The first-order valence-electron chi connectivity index (χ1n) is 13.0. The van der Waals surface area contributed by atoms with Crippen LogP contribution in [0, 0.1) is 5.92 Å². The Balaban J connectivity index is 1.53. The van der Waals surface area contributed by atoms with E-state index < -0.39 is 16.1 Å². The van der Waals surface area contributed by atoms with Gasteiger partial charge in [-0.3, -0.25) is 9.80 Å². The van der Waals surface area contributed by atoms with E-state index in [0.717, 1.165) is 31.2 Å². The molecule has 1 saturated carbocycles. The standard InChI is InChI=1S/C29H36N4O4S/c30-26-16-9-17-28(18-26)38(36,37)32(20-24-12-7-8-13-24)21-27(34)22-33(29(35)25-14-5-2-6-15-25)31-19-23-10-3-1-4-11-23/h1-6,9-11,14-18,24,27,31,34H,7-8,12-13,19-22,30H2. The number of nitrogens with one attached hydrogen (secondary N) is 1. The summed E-state index contributed by atoms with van der Waals surface area (Å²) in [4.78, 5) is 13.4. The van der Waals surface area contributed by atoms with E-state index in [-0.39, 0.29) is 29.8 Å². The molecule has 3 aromatic rings. The number of amides is 1. The van der Waals surface area contributed by atoms with Gasteiger partial charge in [-0.15, -0.1) is 0 Å². The highest BCUT2D eigenvalue weighted by Crippen LogP contribution is 2.28. The summed E-state index contributed by atoms with van der Waals surface area (Å²) in [6, 6.07) is 24.6. The van der Waals surface area contributed by atoms with Gasteiger partial charge in [-0.05, 0) is 54.7 Å². The van der Waals surface area contributed by atoms with Crippen LogP contribution in [0.1, 0.15) is 41.6 Å². The Morgan fingerprint density at radius 3 is 2.26 bits per heavy atom. The fourth-order valence-corrected chi connectivity index (χ4v) is 6.43. The molecule has 202 valence electrons. The Kier molecular flexibility index (Phi) is 9.52. The zero-order valence-corrected chi connectivity index (χ0v) is 22.3. The molecule has 38 heavy (non-hydrogen) atoms. The van der Waals surface area contributed by atoms with Crippen molar-refractivity contribution in [3.63, 3.8) is 0 Å². The minimum absolute atomic E-state index is 0.0891. The number of carbonyl (C=O) groups excluding carboxylic acids is 1. The highest BCUT2D eigenvalue weighted by atomic mass is 32.2. The van der Waals surface area contributed by atoms with Crippen LogP contribution in [0.5, 0.6) is 0 Å². The average Bonchev–Trinajstić information content (AvgIpc) is 3.44. The molecule has 0 spiro atoms. The van der Waals surface area contributed by atoms with Crippen molar-refractivity contribution >= 4 is 21.6 Å². The molecule has 1 unspecified atom stereocenters. The van der Waals surface area contributed by atoms with Crippen LogP contribution in [-0.4, -0.2) is 54.5 Å². The summed E-state index contributed by atoms with van der Waals surface area (Å²) in [6.45, 7) is 0.463. The van der Waals surface area contributed by atoms with Gasteiger partial charge in [0, 0.05) is 30.9 Å². The molecule has 0 saturated heterocycles. The monoisotopic (exact) mass is 536 g/mol. The van der Waals surface area contributed by atoms with Crippen molar-refractivity contribution in [2.75, 3.05) is 25.4 Å². The lowest BCUT2D eigenvalue weighted by Crippen LogP contribution is -2.50. The van der Waals surface area contributed by atoms with Crippen LogP contribution in [0.3, 0.4) is 0 Å². The van der Waals surface area contributed by atoms with Crippen LogP contribution in [0.2, 0.25) is 0 Å². The van der Waals surface area contributed by atoms with Crippen LogP contribution < -0.4 is 11.2 Å². The van der Waals surface area contributed by atoms with Crippen molar-refractivity contribution in [3.8, 4) is 0 Å². The number of hydrogen-bond acceptors (Lipinski definition) is 6. The average molecular weight is 537 g/mol. The number of nitrogen functional groups attached to an aromatic ring is 1. The molecule has 1 atom stereocenters. The van der Waals surface area contributed by atoms with E-state index >= 15 is 0 Å². The normalized spacial score (nSPS) is 15.0. The minimum Gasteiger partial charge on any atom is -0.399 e. The second kappa shape index (κ2) is 13.0. The first-order chi connectivity index (χ1) is 18.3. The quantitative estimate of drug-likeness (QED) is 0.240. The number of nitrogens with two attached hydrogens (primary N) is 1. The Bertz CT molecular complexity index is 1280. The number of anilines is 1. The van der Waals surface area contributed by atoms with Gasteiger partial charge in [-0.1, -0.05) is 67.4 Å². The van der Waals surface area contributed by atoms with Gasteiger partial charge >= 0.3 is 0 Å². The van der Waals surface area contributed by atoms with Crippen LogP contribution >= 0.6 is 0 Å². The minimum atomic E-state index is -3.90. The van der Waals surface area contributed by atoms with Gasteiger partial charge in [0.15, 0.2) is 0 Å². The predicted molar refractivity (Wildman–Crippen MR) is 148 cm³/mol. The lowest BCUT2D eigenvalue weighted by Gasteiger charge is -2.30. The largest absolute Gasteiger partial charge is 0.399 e. The second-order valence-electron chi connectivity index (χ2n) is 9.80. The third kappa shape index (κ3) is 7.41. The number of hydrogen-bond donors (Lipinski definition) is 3. The molecule has 1 aliphatic carbocycles. The van der Waals surface area contributed by atoms with Crippen molar-refractivity contribution in [1.82, 2.24) is 14.7 Å². The summed E-state index contributed by atoms with van der Waals surface area (Å²) in [7, 11) is -3.90. The van der Waals surface area contributed by atoms with E-state index in [4.69, 9.17) is 5.73 Å². The number of aliphatic hydroxyl groups is 1. The molecule has 3 aromatic carbocycles. The number of rotatable bonds is 12. The molecule has 0 bridgehead atoms. The summed E-state index contributed by atoms with van der Waals surface area (Å²) in [5.74, 6) is -0.0714. The van der Waals surface area contributed by atoms with E-state index in [1.165, 1.54) is 21.4 Å². The number of aliphatic hydroxyl groups excluding tert-OH is 1. The molecule has 1 aliphatic rings. The molecule has 0 aliphatic heterocycles. The van der Waals surface area contributed by atoms with Gasteiger partial charge in [0.25, 0.3) is 5.91 Å². The maximum absolute atomic E-state index is 13.6. The molecule has 0 radical (unpaired) electrons. The molecule has 1 amide bonds. The van der Waals surface area contributed by atoms with Gasteiger partial charge in [-0.2, -0.15) is 4.31 Å². The highest BCUT2D eigenvalue weighted by Gasteiger charge is 2.31. The number of benzene rings is 3. The van der Waals surface area contributed by atoms with Crippen molar-refractivity contribution in [1.29, 1.82) is 0 Å². The molecular formula is C29H36N4O4S. The van der Waals surface area contributed by atoms with Crippen molar-refractivity contribution < 1.29 is 18.3 Å². The third-order valence-electron chi connectivity index (χ3n) is 6.82. The van der Waals surface area contributed by atoms with Gasteiger partial charge in [0.05, 0.1) is 17.5 Å². The van der Waals surface area contributed by atoms with Crippen molar-refractivity contribution in [2.45, 2.75) is 43.2 Å². The van der Waals surface area contributed by atoms with Crippen LogP contribution in [0.15, 0.2) is 89.8 Å². The Morgan fingerprint density at radius 1 is 0.947 bits per heavy atom. The molecule has 8 nitrogen and oxygen atoms in total. The van der Waals surface area contributed by atoms with Crippen LogP contribution in [0.25, 0.3) is 0 Å². The zero-order chi connectivity index (χ0) is 27.0. The molecular weight excluding hydrogens is 500 g/mol. The lowest BCUT2D eigenvalue weighted by molar-refractivity contribution is 0.0433. The van der Waals surface area contributed by atoms with E-state index in [2.05, 4.69) is 5.43 Å². The zero-order valence-electron chi connectivity index (χ0n) is 21.4. The van der Waals surface area contributed by atoms with Gasteiger partial charge in [0.2, 0.25) is 10.0 Å². The van der Waals surface area contributed by atoms with Crippen molar-refractivity contribution in [3.05, 3.63) is 96.1 Å². The summed E-state index contributed by atoms with van der Waals surface area (Å²) in [5, 5.41) is 12.5. The lowest BCUT2D eigenvalue weighted by atomic mass is 10.1. The molecule has 4 rings (SSSR count). The molecule has 1 fully saturated rings. The van der Waals surface area contributed by atoms with Gasteiger partial charge in [-0.25, -0.2) is 13.8 Å². The Hall–Kier alpha value is -3.24. The summed E-state index contributed by atoms with van der Waals surface area (Å²) < 4.78 is 28.6. The number of sulfonamides is 1. The summed E-state index contributed by atoms with van der Waals surface area (Å²) in [5.41, 5.74) is 10.8. The Morgan fingerprint density at radius 2 is 1.61 bits per heavy atom. The number of nitrogens with zero attached hydrogens (tertiary/aromatic N) is 2. The fourth-order valence-electron chi connectivity index (χ4n) is 4.82. The molecule has 0 heterocycles. The number of carbonyl (C=O) groups is 1. The van der Waals surface area contributed by atoms with E-state index in [1.807, 2.05) is 36.4 Å². The third-order valence-corrected chi connectivity index (χ3v) is 8.65. The summed E-state index contributed by atoms with van der Waals surface area (Å²) in [6.07, 6.45) is 2.93. The smallest absolute Gasteiger partial charge is 0.268 e. The van der Waals surface area contributed by atoms with E-state index in [1.54, 1.807) is 36.4 Å². The highest BCUT2D eigenvalue weighted by molar-refractivity contribution is 7.89. The van der Waals surface area contributed by atoms with Crippen LogP contribution in [-0.2, 0) is 16.6 Å². The molecule has 9 heteroatoms. The number of hydrazine groups is 1. The maximum Gasteiger partial charge on any atom is 0.268 e. The maximum atomic E-state index is 13.6. The van der Waals surface area contributed by atoms with Gasteiger partial charge < -0.3 is 10.8 Å². The van der Waals surface area contributed by atoms with Gasteiger partial charge in [0.1, 0.15) is 0 Å². The first-order valence-corrected chi connectivity index (χ1v) is 14.4. The molecule has 0 aromatic heterocycles.